The number of carbonyl (C=O) groups is 1. The van der Waals surface area contributed by atoms with E-state index >= 15 is 0 Å². The molecule has 1 aromatic carbocycles. The third-order valence-corrected chi connectivity index (χ3v) is 4.30. The van der Waals surface area contributed by atoms with Crippen LogP contribution >= 0.6 is 11.3 Å². The van der Waals surface area contributed by atoms with Crippen LogP contribution in [0, 0.1) is 10.1 Å². The molecule has 8 heteroatoms. The van der Waals surface area contributed by atoms with Crippen molar-refractivity contribution in [3.63, 3.8) is 0 Å². The Labute approximate surface area is 147 Å². The van der Waals surface area contributed by atoms with Crippen LogP contribution in [-0.2, 0) is 22.6 Å². The minimum Gasteiger partial charge on any atom is -0.460 e. The fraction of sp³-hybridized carbons (Fsp3) is 0.118. The summed E-state index contributed by atoms with van der Waals surface area (Å²) in [5, 5.41) is 13.5. The normalized spacial score (nSPS) is 10.4. The second-order valence-corrected chi connectivity index (χ2v) is 5.97. The van der Waals surface area contributed by atoms with E-state index in [0.717, 1.165) is 10.6 Å². The zero-order chi connectivity index (χ0) is 17.6. The number of rotatable bonds is 6. The SMILES string of the molecule is O=C(Cc1csc(-c2cccnc2)n1)OCc1ccccc1[N+](=O)[O-]. The molecule has 7 nitrogen and oxygen atoms in total. The van der Waals surface area contributed by atoms with E-state index in [4.69, 9.17) is 4.74 Å². The van der Waals surface area contributed by atoms with Gasteiger partial charge in [-0.3, -0.25) is 19.9 Å². The van der Waals surface area contributed by atoms with Crippen LogP contribution in [0.2, 0.25) is 0 Å². The van der Waals surface area contributed by atoms with Crippen molar-refractivity contribution in [3.8, 4) is 10.6 Å². The van der Waals surface area contributed by atoms with E-state index < -0.39 is 10.9 Å². The summed E-state index contributed by atoms with van der Waals surface area (Å²) < 4.78 is 5.15. The summed E-state index contributed by atoms with van der Waals surface area (Å²) in [4.78, 5) is 30.9. The Bertz CT molecular complexity index is 896. The monoisotopic (exact) mass is 355 g/mol. The highest BCUT2D eigenvalue weighted by Gasteiger charge is 2.15. The van der Waals surface area contributed by atoms with E-state index in [1.165, 1.54) is 17.4 Å². The van der Waals surface area contributed by atoms with Gasteiger partial charge in [0.1, 0.15) is 11.6 Å². The lowest BCUT2D eigenvalue weighted by Gasteiger charge is -2.04. The molecule has 3 rings (SSSR count). The van der Waals surface area contributed by atoms with Gasteiger partial charge in [-0.05, 0) is 18.2 Å². The van der Waals surface area contributed by atoms with Crippen LogP contribution in [0.1, 0.15) is 11.3 Å². The molecule has 0 atom stereocenters. The number of para-hydroxylation sites is 1. The van der Waals surface area contributed by atoms with Crippen molar-refractivity contribution in [1.29, 1.82) is 0 Å². The molecule has 2 heterocycles. The van der Waals surface area contributed by atoms with E-state index in [-0.39, 0.29) is 18.7 Å². The Balaban J connectivity index is 1.61. The minimum atomic E-state index is -0.496. The molecule has 0 aliphatic carbocycles. The van der Waals surface area contributed by atoms with Crippen molar-refractivity contribution in [2.75, 3.05) is 0 Å². The van der Waals surface area contributed by atoms with Crippen molar-refractivity contribution >= 4 is 23.0 Å². The maximum absolute atomic E-state index is 12.0. The number of ether oxygens (including phenoxy) is 1. The van der Waals surface area contributed by atoms with Gasteiger partial charge in [-0.1, -0.05) is 12.1 Å². The number of hydrogen-bond donors (Lipinski definition) is 0. The smallest absolute Gasteiger partial charge is 0.312 e. The Morgan fingerprint density at radius 3 is 2.84 bits per heavy atom. The number of nitro groups is 1. The lowest BCUT2D eigenvalue weighted by molar-refractivity contribution is -0.385. The minimum absolute atomic E-state index is 0.0113. The van der Waals surface area contributed by atoms with Crippen molar-refractivity contribution < 1.29 is 14.5 Å². The fourth-order valence-corrected chi connectivity index (χ4v) is 2.99. The summed E-state index contributed by atoms with van der Waals surface area (Å²) in [6.07, 6.45) is 3.39. The van der Waals surface area contributed by atoms with Gasteiger partial charge in [-0.2, -0.15) is 0 Å². The van der Waals surface area contributed by atoms with Crippen molar-refractivity contribution in [2.24, 2.45) is 0 Å². The second-order valence-electron chi connectivity index (χ2n) is 5.11. The zero-order valence-corrected chi connectivity index (χ0v) is 13.8. The maximum Gasteiger partial charge on any atom is 0.312 e. The van der Waals surface area contributed by atoms with E-state index in [1.807, 2.05) is 12.1 Å². The Morgan fingerprint density at radius 2 is 2.08 bits per heavy atom. The van der Waals surface area contributed by atoms with Crippen molar-refractivity contribution in [2.45, 2.75) is 13.0 Å². The number of carbonyl (C=O) groups excluding carboxylic acids is 1. The van der Waals surface area contributed by atoms with Gasteiger partial charge in [0.05, 0.1) is 22.6 Å². The van der Waals surface area contributed by atoms with Gasteiger partial charge in [-0.15, -0.1) is 11.3 Å². The molecule has 25 heavy (non-hydrogen) atoms. The van der Waals surface area contributed by atoms with E-state index in [2.05, 4.69) is 9.97 Å². The van der Waals surface area contributed by atoms with E-state index in [0.29, 0.717) is 11.3 Å². The molecule has 0 bridgehead atoms. The topological polar surface area (TPSA) is 95.2 Å². The van der Waals surface area contributed by atoms with Crippen LogP contribution in [0.4, 0.5) is 5.69 Å². The Kier molecular flexibility index (Phi) is 5.10. The predicted octanol–water partition coefficient (Wildman–Crippen LogP) is 3.40. The molecule has 0 saturated heterocycles. The van der Waals surface area contributed by atoms with Gasteiger partial charge in [0.2, 0.25) is 0 Å². The van der Waals surface area contributed by atoms with Gasteiger partial charge in [0.15, 0.2) is 0 Å². The molecule has 0 fully saturated rings. The summed E-state index contributed by atoms with van der Waals surface area (Å²) in [6.45, 7) is -0.143. The first-order valence-corrected chi connectivity index (χ1v) is 8.24. The van der Waals surface area contributed by atoms with Gasteiger partial charge < -0.3 is 4.74 Å². The number of nitro benzene ring substituents is 1. The molecular weight excluding hydrogens is 342 g/mol. The third-order valence-electron chi connectivity index (χ3n) is 3.36. The molecule has 0 saturated carbocycles. The van der Waals surface area contributed by atoms with Crippen LogP contribution in [-0.4, -0.2) is 20.9 Å². The molecular formula is C17H13N3O4S. The highest BCUT2D eigenvalue weighted by Crippen LogP contribution is 2.23. The number of nitrogens with zero attached hydrogens (tertiary/aromatic N) is 3. The summed E-state index contributed by atoms with van der Waals surface area (Å²) >= 11 is 1.42. The third kappa shape index (κ3) is 4.24. The molecule has 0 spiro atoms. The molecule has 0 aliphatic heterocycles. The number of esters is 1. The van der Waals surface area contributed by atoms with Gasteiger partial charge >= 0.3 is 5.97 Å². The molecule has 3 aromatic rings. The summed E-state index contributed by atoms with van der Waals surface area (Å²) in [7, 11) is 0. The molecule has 2 aromatic heterocycles. The van der Waals surface area contributed by atoms with Gasteiger partial charge in [0, 0.05) is 29.4 Å². The first kappa shape index (κ1) is 16.7. The van der Waals surface area contributed by atoms with Gasteiger partial charge in [-0.25, -0.2) is 4.98 Å². The van der Waals surface area contributed by atoms with Crippen LogP contribution in [0.5, 0.6) is 0 Å². The average Bonchev–Trinajstić information content (AvgIpc) is 3.09. The van der Waals surface area contributed by atoms with Crippen LogP contribution in [0.25, 0.3) is 10.6 Å². The summed E-state index contributed by atoms with van der Waals surface area (Å²) in [5.41, 5.74) is 1.77. The van der Waals surface area contributed by atoms with Crippen molar-refractivity contribution in [3.05, 3.63) is 75.5 Å². The second kappa shape index (κ2) is 7.63. The van der Waals surface area contributed by atoms with E-state index in [1.54, 1.807) is 36.0 Å². The number of pyridine rings is 1. The first-order valence-electron chi connectivity index (χ1n) is 7.36. The molecule has 0 N–H and O–H groups in total. The predicted molar refractivity (Wildman–Crippen MR) is 91.9 cm³/mol. The van der Waals surface area contributed by atoms with Crippen molar-refractivity contribution in [1.82, 2.24) is 9.97 Å². The first-order chi connectivity index (χ1) is 12.1. The molecule has 0 unspecified atom stereocenters. The molecule has 126 valence electrons. The Hall–Kier alpha value is -3.13. The van der Waals surface area contributed by atoms with Gasteiger partial charge in [0.25, 0.3) is 5.69 Å². The fourth-order valence-electron chi connectivity index (χ4n) is 2.18. The molecule has 0 radical (unpaired) electrons. The summed E-state index contributed by atoms with van der Waals surface area (Å²) in [6, 6.07) is 9.88. The van der Waals surface area contributed by atoms with E-state index in [9.17, 15) is 14.9 Å². The Morgan fingerprint density at radius 1 is 1.24 bits per heavy atom. The average molecular weight is 355 g/mol. The lowest BCUT2D eigenvalue weighted by Crippen LogP contribution is -2.09. The standard InChI is InChI=1S/C17H13N3O4S/c21-16(24-10-13-4-1-2-6-15(13)20(22)23)8-14-11-25-17(19-14)12-5-3-7-18-9-12/h1-7,9,11H,8,10H2. The number of hydrogen-bond acceptors (Lipinski definition) is 7. The highest BCUT2D eigenvalue weighted by atomic mass is 32.1. The number of benzene rings is 1. The highest BCUT2D eigenvalue weighted by molar-refractivity contribution is 7.13. The largest absolute Gasteiger partial charge is 0.460 e. The number of aromatic nitrogens is 2. The number of thiazole rings is 1. The maximum atomic E-state index is 12.0. The lowest BCUT2D eigenvalue weighted by atomic mass is 10.2. The van der Waals surface area contributed by atoms with Crippen LogP contribution in [0.15, 0.2) is 54.2 Å². The molecule has 0 aliphatic rings. The summed E-state index contributed by atoms with van der Waals surface area (Å²) in [5.74, 6) is -0.485. The molecule has 0 amide bonds. The zero-order valence-electron chi connectivity index (χ0n) is 13.0. The van der Waals surface area contributed by atoms with Crippen LogP contribution < -0.4 is 0 Å². The quantitative estimate of drug-likeness (QED) is 0.382. The van der Waals surface area contributed by atoms with Crippen LogP contribution in [0.3, 0.4) is 0 Å².